The van der Waals surface area contributed by atoms with E-state index in [1.807, 2.05) is 52.0 Å². The van der Waals surface area contributed by atoms with E-state index in [0.717, 1.165) is 10.9 Å². The van der Waals surface area contributed by atoms with Gasteiger partial charge in [-0.2, -0.15) is 0 Å². The van der Waals surface area contributed by atoms with E-state index in [2.05, 4.69) is 20.9 Å². The molecule has 220 valence electrons. The van der Waals surface area contributed by atoms with Gasteiger partial charge < -0.3 is 36.9 Å². The zero-order valence-electron chi connectivity index (χ0n) is 23.4. The van der Waals surface area contributed by atoms with E-state index in [0.29, 0.717) is 12.0 Å². The Morgan fingerprint density at radius 1 is 0.825 bits per heavy atom. The van der Waals surface area contributed by atoms with Crippen LogP contribution < -0.4 is 21.7 Å². The minimum atomic E-state index is -1.34. The van der Waals surface area contributed by atoms with E-state index in [1.54, 1.807) is 6.20 Å². The van der Waals surface area contributed by atoms with Crippen LogP contribution in [-0.4, -0.2) is 69.0 Å². The fourth-order valence-electron chi connectivity index (χ4n) is 4.40. The van der Waals surface area contributed by atoms with Crippen molar-refractivity contribution in [2.75, 3.05) is 0 Å². The van der Waals surface area contributed by atoms with Gasteiger partial charge in [0.05, 0.1) is 6.04 Å². The predicted octanol–water partition coefficient (Wildman–Crippen LogP) is 1.53. The number of benzene rings is 1. The average Bonchev–Trinajstić information content (AvgIpc) is 3.27. The molecule has 2 aromatic rings. The van der Waals surface area contributed by atoms with Gasteiger partial charge in [-0.05, 0) is 42.7 Å². The molecule has 12 heteroatoms. The topological polar surface area (TPSA) is 204 Å². The zero-order chi connectivity index (χ0) is 30.0. The quantitative estimate of drug-likeness (QED) is 0.160. The van der Waals surface area contributed by atoms with Crippen molar-refractivity contribution in [1.29, 1.82) is 0 Å². The summed E-state index contributed by atoms with van der Waals surface area (Å²) in [7, 11) is 0. The van der Waals surface area contributed by atoms with Gasteiger partial charge in [-0.1, -0.05) is 45.9 Å². The molecule has 0 aliphatic rings. The molecule has 0 saturated carbocycles. The molecule has 0 aliphatic carbocycles. The van der Waals surface area contributed by atoms with E-state index < -0.39 is 60.2 Å². The SMILES string of the molecule is CC(C)CC(N)C(=O)NC(CC(C)C)C(=O)NC(CCC(=O)O)C(=O)NC(Cc1c[nH]c2ccccc12)C(=O)O. The van der Waals surface area contributed by atoms with Crippen LogP contribution in [0.25, 0.3) is 10.9 Å². The molecule has 0 radical (unpaired) electrons. The molecule has 4 atom stereocenters. The second kappa shape index (κ2) is 15.0. The summed E-state index contributed by atoms with van der Waals surface area (Å²) in [5.74, 6) is -4.35. The number of carbonyl (C=O) groups excluding carboxylic acids is 3. The van der Waals surface area contributed by atoms with Crippen LogP contribution >= 0.6 is 0 Å². The molecule has 2 rings (SSSR count). The number of carbonyl (C=O) groups is 5. The van der Waals surface area contributed by atoms with Crippen molar-refractivity contribution in [3.63, 3.8) is 0 Å². The molecule has 3 amide bonds. The molecule has 40 heavy (non-hydrogen) atoms. The van der Waals surface area contributed by atoms with Gasteiger partial charge in [0.2, 0.25) is 17.7 Å². The number of para-hydroxylation sites is 1. The minimum Gasteiger partial charge on any atom is -0.481 e. The molecular weight excluding hydrogens is 518 g/mol. The standard InChI is InChI=1S/C28H41N5O7/c1-15(2)11-19(29)25(36)32-22(12-16(3)4)27(38)31-21(9-10-24(34)35)26(37)33-23(28(39)40)13-17-14-30-20-8-6-5-7-18(17)20/h5-8,14-16,19,21-23,30H,9-13,29H2,1-4H3,(H,31,38)(H,32,36)(H,33,37)(H,34,35)(H,39,40). The fraction of sp³-hybridized carbons (Fsp3) is 0.536. The molecule has 0 bridgehead atoms. The van der Waals surface area contributed by atoms with Gasteiger partial charge in [-0.25, -0.2) is 4.79 Å². The lowest BCUT2D eigenvalue weighted by molar-refractivity contribution is -0.143. The highest BCUT2D eigenvalue weighted by atomic mass is 16.4. The van der Waals surface area contributed by atoms with E-state index in [4.69, 9.17) is 5.73 Å². The van der Waals surface area contributed by atoms with Crippen molar-refractivity contribution in [2.45, 2.75) is 84.0 Å². The van der Waals surface area contributed by atoms with Crippen molar-refractivity contribution in [2.24, 2.45) is 17.6 Å². The molecule has 8 N–H and O–H groups in total. The van der Waals surface area contributed by atoms with Gasteiger partial charge in [-0.3, -0.25) is 19.2 Å². The van der Waals surface area contributed by atoms with Gasteiger partial charge in [-0.15, -0.1) is 0 Å². The second-order valence-corrected chi connectivity index (χ2v) is 10.9. The Balaban J connectivity index is 2.20. The number of nitrogens with one attached hydrogen (secondary N) is 4. The number of aliphatic carboxylic acids is 2. The number of amides is 3. The first kappa shape index (κ1) is 32.3. The molecular formula is C28H41N5O7. The third-order valence-corrected chi connectivity index (χ3v) is 6.40. The Morgan fingerprint density at radius 2 is 1.40 bits per heavy atom. The number of H-pyrrole nitrogens is 1. The zero-order valence-corrected chi connectivity index (χ0v) is 23.4. The van der Waals surface area contributed by atoms with Gasteiger partial charge in [0.15, 0.2) is 0 Å². The first-order valence-corrected chi connectivity index (χ1v) is 13.4. The van der Waals surface area contributed by atoms with Gasteiger partial charge in [0.1, 0.15) is 18.1 Å². The number of aromatic nitrogens is 1. The summed E-state index contributed by atoms with van der Waals surface area (Å²) in [5, 5.41) is 27.4. The Kier molecular flexibility index (Phi) is 12.1. The van der Waals surface area contributed by atoms with E-state index in [1.165, 1.54) is 0 Å². The Morgan fingerprint density at radius 3 is 2.00 bits per heavy atom. The lowest BCUT2D eigenvalue weighted by atomic mass is 10.00. The van der Waals surface area contributed by atoms with E-state index >= 15 is 0 Å². The number of fused-ring (bicyclic) bond motifs is 1. The molecule has 0 aliphatic heterocycles. The van der Waals surface area contributed by atoms with Crippen LogP contribution in [0.15, 0.2) is 30.5 Å². The highest BCUT2D eigenvalue weighted by Gasteiger charge is 2.31. The van der Waals surface area contributed by atoms with Gasteiger partial charge in [0.25, 0.3) is 0 Å². The predicted molar refractivity (Wildman–Crippen MR) is 149 cm³/mol. The summed E-state index contributed by atoms with van der Waals surface area (Å²) in [6.07, 6.45) is 1.57. The molecule has 12 nitrogen and oxygen atoms in total. The molecule has 4 unspecified atom stereocenters. The molecule has 1 aromatic heterocycles. The summed E-state index contributed by atoms with van der Waals surface area (Å²) in [6, 6.07) is 2.79. The van der Waals surface area contributed by atoms with E-state index in [-0.39, 0.29) is 31.1 Å². The van der Waals surface area contributed by atoms with Crippen LogP contribution in [0.4, 0.5) is 0 Å². The maximum Gasteiger partial charge on any atom is 0.326 e. The smallest absolute Gasteiger partial charge is 0.326 e. The number of rotatable bonds is 16. The number of hydrogen-bond acceptors (Lipinski definition) is 6. The van der Waals surface area contributed by atoms with Gasteiger partial charge in [0, 0.05) is 29.9 Å². The van der Waals surface area contributed by atoms with Crippen molar-refractivity contribution >= 4 is 40.6 Å². The van der Waals surface area contributed by atoms with Crippen LogP contribution in [0.1, 0.15) is 58.9 Å². The number of carboxylic acids is 2. The maximum atomic E-state index is 13.2. The highest BCUT2D eigenvalue weighted by Crippen LogP contribution is 2.19. The van der Waals surface area contributed by atoms with Crippen molar-refractivity contribution in [1.82, 2.24) is 20.9 Å². The highest BCUT2D eigenvalue weighted by molar-refractivity contribution is 5.94. The molecule has 0 spiro atoms. The molecule has 0 saturated heterocycles. The summed E-state index contributed by atoms with van der Waals surface area (Å²) in [4.78, 5) is 65.4. The van der Waals surface area contributed by atoms with Crippen molar-refractivity contribution in [3.05, 3.63) is 36.0 Å². The average molecular weight is 560 g/mol. The Bertz CT molecular complexity index is 1190. The summed E-state index contributed by atoms with van der Waals surface area (Å²) in [5.41, 5.74) is 7.45. The minimum absolute atomic E-state index is 0.00349. The van der Waals surface area contributed by atoms with Crippen molar-refractivity contribution < 1.29 is 34.2 Å². The summed E-state index contributed by atoms with van der Waals surface area (Å²) >= 11 is 0. The van der Waals surface area contributed by atoms with Crippen LogP contribution in [-0.2, 0) is 30.4 Å². The summed E-state index contributed by atoms with van der Waals surface area (Å²) in [6.45, 7) is 7.55. The Hall–Kier alpha value is -3.93. The number of nitrogens with two attached hydrogens (primary N) is 1. The molecule has 1 heterocycles. The third kappa shape index (κ3) is 9.99. The van der Waals surface area contributed by atoms with Crippen LogP contribution in [0.5, 0.6) is 0 Å². The molecule has 1 aromatic carbocycles. The first-order valence-electron chi connectivity index (χ1n) is 13.4. The van der Waals surface area contributed by atoms with Crippen LogP contribution in [0, 0.1) is 11.8 Å². The first-order chi connectivity index (χ1) is 18.8. The number of carboxylic acid groups (broad SMARTS) is 2. The Labute approximate surface area is 233 Å². The fourth-order valence-corrected chi connectivity index (χ4v) is 4.40. The van der Waals surface area contributed by atoms with Crippen LogP contribution in [0.3, 0.4) is 0 Å². The van der Waals surface area contributed by atoms with Gasteiger partial charge >= 0.3 is 11.9 Å². The third-order valence-electron chi connectivity index (χ3n) is 6.40. The number of hydrogen-bond donors (Lipinski definition) is 7. The van der Waals surface area contributed by atoms with Crippen LogP contribution in [0.2, 0.25) is 0 Å². The normalized spacial score (nSPS) is 14.4. The van der Waals surface area contributed by atoms with Crippen molar-refractivity contribution in [3.8, 4) is 0 Å². The number of aromatic amines is 1. The molecule has 0 fully saturated rings. The lowest BCUT2D eigenvalue weighted by Crippen LogP contribution is -2.57. The largest absolute Gasteiger partial charge is 0.481 e. The van der Waals surface area contributed by atoms with E-state index in [9.17, 15) is 34.2 Å². The monoisotopic (exact) mass is 559 g/mol. The summed E-state index contributed by atoms with van der Waals surface area (Å²) < 4.78 is 0. The maximum absolute atomic E-state index is 13.2. The lowest BCUT2D eigenvalue weighted by Gasteiger charge is -2.26. The second-order valence-electron chi connectivity index (χ2n) is 10.9.